The van der Waals surface area contributed by atoms with E-state index in [-0.39, 0.29) is 12.1 Å². The maximum Gasteiger partial charge on any atom is 0.244 e. The summed E-state index contributed by atoms with van der Waals surface area (Å²) in [6, 6.07) is 5.08. The van der Waals surface area contributed by atoms with Crippen LogP contribution in [0.2, 0.25) is 0 Å². The van der Waals surface area contributed by atoms with Crippen molar-refractivity contribution >= 4 is 26.0 Å². The molecule has 2 unspecified atom stereocenters. The van der Waals surface area contributed by atoms with E-state index in [1.807, 2.05) is 26.8 Å². The number of sulfonamides is 1. The minimum Gasteiger partial charge on any atom is -0.348 e. The predicted octanol–water partition coefficient (Wildman–Crippen LogP) is 2.67. The number of nitrogens with zero attached hydrogens (tertiary/aromatic N) is 1. The van der Waals surface area contributed by atoms with Gasteiger partial charge in [0.25, 0.3) is 0 Å². The van der Waals surface area contributed by atoms with Crippen LogP contribution in [-0.4, -0.2) is 37.8 Å². The monoisotopic (exact) mass is 375 g/mol. The molecule has 0 spiro atoms. The molecular weight excluding hydrogens is 358 g/mol. The van der Waals surface area contributed by atoms with E-state index in [4.69, 9.17) is 9.47 Å². The van der Waals surface area contributed by atoms with Gasteiger partial charge in [0, 0.05) is 17.1 Å². The van der Waals surface area contributed by atoms with Gasteiger partial charge in [-0.25, -0.2) is 8.42 Å². The normalized spacial score (nSPS) is 30.5. The number of halogens is 1. The van der Waals surface area contributed by atoms with Crippen LogP contribution in [0.4, 0.5) is 0 Å². The molecule has 7 heteroatoms. The van der Waals surface area contributed by atoms with E-state index in [9.17, 15) is 8.42 Å². The Morgan fingerprint density at radius 2 is 2.14 bits per heavy atom. The molecule has 0 aromatic heterocycles. The summed E-state index contributed by atoms with van der Waals surface area (Å²) in [4.78, 5) is 0.386. The summed E-state index contributed by atoms with van der Waals surface area (Å²) in [6.07, 6.45) is -0.241. The largest absolute Gasteiger partial charge is 0.348 e. The summed E-state index contributed by atoms with van der Waals surface area (Å²) in [6.45, 7) is 6.28. The molecule has 2 aliphatic heterocycles. The lowest BCUT2D eigenvalue weighted by molar-refractivity contribution is -0.139. The molecule has 0 bridgehead atoms. The van der Waals surface area contributed by atoms with Gasteiger partial charge in [0.05, 0.1) is 17.6 Å². The third-order valence-corrected chi connectivity index (χ3v) is 6.40. The quantitative estimate of drug-likeness (QED) is 0.797. The zero-order chi connectivity index (χ0) is 15.4. The fourth-order valence-electron chi connectivity index (χ4n) is 2.88. The van der Waals surface area contributed by atoms with Gasteiger partial charge < -0.3 is 9.47 Å². The van der Waals surface area contributed by atoms with E-state index in [0.717, 1.165) is 10.0 Å². The van der Waals surface area contributed by atoms with Crippen LogP contribution >= 0.6 is 15.9 Å². The molecule has 2 heterocycles. The molecule has 0 aliphatic carbocycles. The highest BCUT2D eigenvalue weighted by Gasteiger charge is 2.43. The fraction of sp³-hybridized carbons (Fsp3) is 0.571. The average Bonchev–Trinajstić information content (AvgIpc) is 2.81. The van der Waals surface area contributed by atoms with Crippen LogP contribution in [0.1, 0.15) is 32.4 Å². The van der Waals surface area contributed by atoms with E-state index in [0.29, 0.717) is 18.0 Å². The zero-order valence-corrected chi connectivity index (χ0v) is 14.6. The number of hydrogen-bond acceptors (Lipinski definition) is 4. The fourth-order valence-corrected chi connectivity index (χ4v) is 5.17. The lowest BCUT2D eigenvalue weighted by Crippen LogP contribution is -2.36. The molecule has 2 aliphatic rings. The van der Waals surface area contributed by atoms with Crippen LogP contribution in [0, 0.1) is 0 Å². The lowest BCUT2D eigenvalue weighted by Gasteiger charge is -2.24. The summed E-state index contributed by atoms with van der Waals surface area (Å²) in [5, 5.41) is 0. The Balaban J connectivity index is 1.88. The topological polar surface area (TPSA) is 55.8 Å². The first-order valence-corrected chi connectivity index (χ1v) is 9.07. The highest BCUT2D eigenvalue weighted by Crippen LogP contribution is 2.41. The number of hydrogen-bond donors (Lipinski definition) is 0. The summed E-state index contributed by atoms with van der Waals surface area (Å²) in [7, 11) is -3.46. The smallest absolute Gasteiger partial charge is 0.244 e. The van der Waals surface area contributed by atoms with Crippen molar-refractivity contribution in [1.82, 2.24) is 4.31 Å². The second kappa shape index (κ2) is 5.03. The Morgan fingerprint density at radius 3 is 2.76 bits per heavy atom. The number of ether oxygens (including phenoxy) is 2. The molecule has 0 saturated carbocycles. The van der Waals surface area contributed by atoms with Crippen molar-refractivity contribution in [2.24, 2.45) is 0 Å². The van der Waals surface area contributed by atoms with Crippen LogP contribution < -0.4 is 0 Å². The van der Waals surface area contributed by atoms with Gasteiger partial charge in [-0.1, -0.05) is 15.9 Å². The van der Waals surface area contributed by atoms with Crippen molar-refractivity contribution in [1.29, 1.82) is 0 Å². The lowest BCUT2D eigenvalue weighted by atomic mass is 10.1. The van der Waals surface area contributed by atoms with E-state index >= 15 is 0 Å². The first kappa shape index (κ1) is 15.4. The van der Waals surface area contributed by atoms with Gasteiger partial charge in [0.1, 0.15) is 0 Å². The molecule has 1 saturated heterocycles. The number of fused-ring (bicyclic) bond motifs is 1. The van der Waals surface area contributed by atoms with Crippen LogP contribution in [0.15, 0.2) is 27.6 Å². The van der Waals surface area contributed by atoms with Crippen LogP contribution in [0.3, 0.4) is 0 Å². The van der Waals surface area contributed by atoms with Crippen LogP contribution in [0.25, 0.3) is 0 Å². The van der Waals surface area contributed by atoms with Crippen molar-refractivity contribution in [3.8, 4) is 0 Å². The Morgan fingerprint density at radius 1 is 1.43 bits per heavy atom. The maximum atomic E-state index is 12.7. The molecular formula is C14H18BrNO4S. The average molecular weight is 376 g/mol. The van der Waals surface area contributed by atoms with Crippen molar-refractivity contribution < 1.29 is 17.9 Å². The summed E-state index contributed by atoms with van der Waals surface area (Å²) < 4.78 is 39.0. The van der Waals surface area contributed by atoms with Gasteiger partial charge in [0.15, 0.2) is 5.79 Å². The van der Waals surface area contributed by atoms with Crippen molar-refractivity contribution in [2.45, 2.75) is 43.6 Å². The molecule has 21 heavy (non-hydrogen) atoms. The van der Waals surface area contributed by atoms with E-state index in [1.165, 1.54) is 4.31 Å². The third-order valence-electron chi connectivity index (χ3n) is 3.89. The van der Waals surface area contributed by atoms with Crippen LogP contribution in [0.5, 0.6) is 0 Å². The number of benzene rings is 1. The predicted molar refractivity (Wildman–Crippen MR) is 81.4 cm³/mol. The molecule has 1 fully saturated rings. The summed E-state index contributed by atoms with van der Waals surface area (Å²) in [5.74, 6) is -0.646. The SMILES string of the molecule is CC1c2cc(Br)ccc2S(=O)(=O)N1CC1COC(C)(C)O1. The van der Waals surface area contributed by atoms with Gasteiger partial charge in [0.2, 0.25) is 10.0 Å². The Hall–Kier alpha value is -0.470. The van der Waals surface area contributed by atoms with Gasteiger partial charge >= 0.3 is 0 Å². The third kappa shape index (κ3) is 2.66. The van der Waals surface area contributed by atoms with Crippen molar-refractivity contribution in [3.05, 3.63) is 28.2 Å². The maximum absolute atomic E-state index is 12.7. The van der Waals surface area contributed by atoms with E-state index in [2.05, 4.69) is 15.9 Å². The van der Waals surface area contributed by atoms with E-state index < -0.39 is 15.8 Å². The summed E-state index contributed by atoms with van der Waals surface area (Å²) >= 11 is 3.39. The molecule has 0 amide bonds. The standard InChI is InChI=1S/C14H18BrNO4S/c1-9-12-6-10(15)4-5-13(12)21(17,18)16(9)7-11-8-19-14(2,3)20-11/h4-6,9,11H,7-8H2,1-3H3. The molecule has 3 rings (SSSR count). The molecule has 116 valence electrons. The van der Waals surface area contributed by atoms with Gasteiger partial charge in [-0.3, -0.25) is 0 Å². The minimum atomic E-state index is -3.46. The van der Waals surface area contributed by atoms with Crippen molar-refractivity contribution in [3.63, 3.8) is 0 Å². The van der Waals surface area contributed by atoms with Crippen molar-refractivity contribution in [2.75, 3.05) is 13.2 Å². The Bertz CT molecular complexity index is 674. The minimum absolute atomic E-state index is 0.199. The van der Waals surface area contributed by atoms with Gasteiger partial charge in [-0.15, -0.1) is 0 Å². The Labute approximate surface area is 133 Å². The zero-order valence-electron chi connectivity index (χ0n) is 12.2. The molecule has 1 aromatic rings. The van der Waals surface area contributed by atoms with Gasteiger partial charge in [-0.2, -0.15) is 4.31 Å². The molecule has 5 nitrogen and oxygen atoms in total. The summed E-state index contributed by atoms with van der Waals surface area (Å²) in [5.41, 5.74) is 0.822. The van der Waals surface area contributed by atoms with Gasteiger partial charge in [-0.05, 0) is 44.5 Å². The first-order chi connectivity index (χ1) is 9.71. The van der Waals surface area contributed by atoms with Crippen LogP contribution in [-0.2, 0) is 19.5 Å². The second-order valence-corrected chi connectivity index (χ2v) is 8.66. The molecule has 0 N–H and O–H groups in total. The van der Waals surface area contributed by atoms with E-state index in [1.54, 1.807) is 12.1 Å². The Kier molecular flexibility index (Phi) is 3.69. The highest BCUT2D eigenvalue weighted by molar-refractivity contribution is 9.10. The second-order valence-electron chi connectivity index (χ2n) is 5.88. The molecule has 1 aromatic carbocycles. The first-order valence-electron chi connectivity index (χ1n) is 6.84. The molecule has 2 atom stereocenters. The number of rotatable bonds is 2. The molecule has 0 radical (unpaired) electrons. The highest BCUT2D eigenvalue weighted by atomic mass is 79.9.